The SMILES string of the molecule is Cn1ccnc1S(=O)(=O)/C(C#N)=C/c1cc(C(C)(C)C)c(O)c(C(C)(C)C)c1. The molecule has 0 spiro atoms. The van der Waals surface area contributed by atoms with Gasteiger partial charge in [-0.2, -0.15) is 5.26 Å². The van der Waals surface area contributed by atoms with Crippen molar-refractivity contribution < 1.29 is 13.5 Å². The lowest BCUT2D eigenvalue weighted by atomic mass is 9.78. The second-order valence-corrected chi connectivity index (χ2v) is 10.7. The van der Waals surface area contributed by atoms with Crippen LogP contribution in [0.15, 0.2) is 34.6 Å². The Morgan fingerprint density at radius 3 is 2.00 bits per heavy atom. The summed E-state index contributed by atoms with van der Waals surface area (Å²) in [6.07, 6.45) is 4.23. The van der Waals surface area contributed by atoms with Crippen molar-refractivity contribution in [3.05, 3.63) is 46.1 Å². The van der Waals surface area contributed by atoms with Crippen molar-refractivity contribution in [2.75, 3.05) is 0 Å². The van der Waals surface area contributed by atoms with E-state index in [0.29, 0.717) is 16.7 Å². The molecule has 0 radical (unpaired) electrons. The van der Waals surface area contributed by atoms with Crippen LogP contribution in [-0.4, -0.2) is 23.1 Å². The molecule has 0 aliphatic heterocycles. The summed E-state index contributed by atoms with van der Waals surface area (Å²) in [7, 11) is -2.49. The molecule has 0 fully saturated rings. The van der Waals surface area contributed by atoms with Crippen LogP contribution in [0.5, 0.6) is 5.75 Å². The van der Waals surface area contributed by atoms with Gasteiger partial charge >= 0.3 is 0 Å². The number of aromatic nitrogens is 2. The zero-order valence-electron chi connectivity index (χ0n) is 17.4. The van der Waals surface area contributed by atoms with Gasteiger partial charge in [-0.15, -0.1) is 0 Å². The van der Waals surface area contributed by atoms with E-state index in [1.54, 1.807) is 25.2 Å². The van der Waals surface area contributed by atoms with E-state index in [0.717, 1.165) is 0 Å². The Bertz CT molecular complexity index is 1040. The van der Waals surface area contributed by atoms with E-state index < -0.39 is 14.7 Å². The zero-order valence-corrected chi connectivity index (χ0v) is 18.2. The summed E-state index contributed by atoms with van der Waals surface area (Å²) in [5, 5.41) is 20.2. The van der Waals surface area contributed by atoms with Crippen molar-refractivity contribution >= 4 is 15.9 Å². The van der Waals surface area contributed by atoms with Gasteiger partial charge < -0.3 is 9.67 Å². The standard InChI is InChI=1S/C21H27N3O3S/c1-20(2,3)16-11-14(12-17(18(16)25)21(4,5)6)10-15(13-22)28(26,27)19-23-8-9-24(19)7/h8-12,25H,1-7H3/b15-10+. The van der Waals surface area contributed by atoms with Crippen LogP contribution in [0.2, 0.25) is 0 Å². The van der Waals surface area contributed by atoms with Crippen molar-refractivity contribution in [2.24, 2.45) is 7.05 Å². The molecule has 0 atom stereocenters. The van der Waals surface area contributed by atoms with Crippen LogP contribution in [0, 0.1) is 11.3 Å². The fraction of sp³-hybridized carbons (Fsp3) is 0.429. The zero-order chi connectivity index (χ0) is 21.5. The van der Waals surface area contributed by atoms with E-state index in [9.17, 15) is 18.8 Å². The van der Waals surface area contributed by atoms with Crippen LogP contribution >= 0.6 is 0 Å². The molecule has 2 rings (SSSR count). The van der Waals surface area contributed by atoms with Crippen molar-refractivity contribution in [1.82, 2.24) is 9.55 Å². The number of nitriles is 1. The number of phenolic OH excluding ortho intramolecular Hbond substituents is 1. The molecule has 0 aliphatic carbocycles. The average Bonchev–Trinajstić information content (AvgIpc) is 2.98. The van der Waals surface area contributed by atoms with Crippen LogP contribution in [0.4, 0.5) is 0 Å². The minimum atomic E-state index is -4.05. The quantitative estimate of drug-likeness (QED) is 0.783. The number of aryl methyl sites for hydroxylation is 1. The number of rotatable bonds is 3. The number of allylic oxidation sites excluding steroid dienone is 1. The Morgan fingerprint density at radius 2 is 1.64 bits per heavy atom. The highest BCUT2D eigenvalue weighted by Gasteiger charge is 2.28. The Morgan fingerprint density at radius 1 is 1.14 bits per heavy atom. The van der Waals surface area contributed by atoms with E-state index in [1.165, 1.54) is 23.0 Å². The molecule has 1 aromatic carbocycles. The molecule has 1 aromatic heterocycles. The Labute approximate surface area is 167 Å². The van der Waals surface area contributed by atoms with E-state index in [1.807, 2.05) is 41.5 Å². The molecule has 6 nitrogen and oxygen atoms in total. The molecule has 150 valence electrons. The Kier molecular flexibility index (Phi) is 5.50. The highest BCUT2D eigenvalue weighted by molar-refractivity contribution is 7.95. The maximum atomic E-state index is 12.9. The van der Waals surface area contributed by atoms with Gasteiger partial charge in [-0.05, 0) is 34.6 Å². The number of hydrogen-bond donors (Lipinski definition) is 1. The van der Waals surface area contributed by atoms with E-state index in [-0.39, 0.29) is 21.7 Å². The molecule has 0 saturated heterocycles. The van der Waals surface area contributed by atoms with Gasteiger partial charge in [0.05, 0.1) is 0 Å². The van der Waals surface area contributed by atoms with E-state index in [4.69, 9.17) is 0 Å². The van der Waals surface area contributed by atoms with E-state index >= 15 is 0 Å². The monoisotopic (exact) mass is 401 g/mol. The number of aromatic hydroxyl groups is 1. The highest BCUT2D eigenvalue weighted by Crippen LogP contribution is 2.40. The summed E-state index contributed by atoms with van der Waals surface area (Å²) >= 11 is 0. The van der Waals surface area contributed by atoms with Gasteiger partial charge in [0, 0.05) is 30.6 Å². The summed E-state index contributed by atoms with van der Waals surface area (Å²) < 4.78 is 27.1. The van der Waals surface area contributed by atoms with Gasteiger partial charge in [0.15, 0.2) is 4.91 Å². The van der Waals surface area contributed by atoms with Crippen LogP contribution < -0.4 is 0 Å². The first-order valence-electron chi connectivity index (χ1n) is 8.92. The molecule has 0 bridgehead atoms. The van der Waals surface area contributed by atoms with Gasteiger partial charge in [-0.25, -0.2) is 13.4 Å². The molecule has 7 heteroatoms. The van der Waals surface area contributed by atoms with Crippen molar-refractivity contribution in [2.45, 2.75) is 57.5 Å². The van der Waals surface area contributed by atoms with Gasteiger partial charge in [0.25, 0.3) is 0 Å². The largest absolute Gasteiger partial charge is 0.507 e. The average molecular weight is 402 g/mol. The van der Waals surface area contributed by atoms with Crippen molar-refractivity contribution in [1.29, 1.82) is 5.26 Å². The van der Waals surface area contributed by atoms with Crippen LogP contribution in [0.25, 0.3) is 6.08 Å². The Balaban J connectivity index is 2.77. The first-order valence-corrected chi connectivity index (χ1v) is 10.4. The molecule has 2 aromatic rings. The molecule has 0 saturated carbocycles. The first kappa shape index (κ1) is 21.7. The molecule has 0 amide bonds. The molecular weight excluding hydrogens is 374 g/mol. The minimum absolute atomic E-state index is 0.189. The summed E-state index contributed by atoms with van der Waals surface area (Å²) in [5.41, 5.74) is 1.20. The lowest BCUT2D eigenvalue weighted by Gasteiger charge is -2.28. The Hall–Kier alpha value is -2.59. The summed E-state index contributed by atoms with van der Waals surface area (Å²) in [5.74, 6) is 0.197. The number of sulfone groups is 1. The second kappa shape index (κ2) is 7.10. The van der Waals surface area contributed by atoms with Gasteiger partial charge in [0.1, 0.15) is 11.8 Å². The molecular formula is C21H27N3O3S. The summed E-state index contributed by atoms with van der Waals surface area (Å²) in [6.45, 7) is 11.8. The first-order chi connectivity index (χ1) is 12.7. The maximum absolute atomic E-state index is 12.9. The lowest BCUT2D eigenvalue weighted by Crippen LogP contribution is -2.17. The number of hydrogen-bond acceptors (Lipinski definition) is 5. The smallest absolute Gasteiger partial charge is 0.250 e. The molecule has 0 aliphatic rings. The predicted octanol–water partition coefficient (Wildman–Crippen LogP) is 4.06. The fourth-order valence-corrected chi connectivity index (χ4v) is 4.16. The van der Waals surface area contributed by atoms with Gasteiger partial charge in [-0.1, -0.05) is 41.5 Å². The minimum Gasteiger partial charge on any atom is -0.507 e. The van der Waals surface area contributed by atoms with Crippen molar-refractivity contribution in [3.63, 3.8) is 0 Å². The number of benzene rings is 1. The van der Waals surface area contributed by atoms with Crippen LogP contribution in [-0.2, 0) is 27.7 Å². The molecule has 28 heavy (non-hydrogen) atoms. The third-order valence-corrected chi connectivity index (χ3v) is 6.13. The number of nitrogens with zero attached hydrogens (tertiary/aromatic N) is 3. The lowest BCUT2D eigenvalue weighted by molar-refractivity contribution is 0.423. The predicted molar refractivity (Wildman–Crippen MR) is 109 cm³/mol. The van der Waals surface area contributed by atoms with Crippen LogP contribution in [0.3, 0.4) is 0 Å². The molecule has 1 N–H and O–H groups in total. The molecule has 1 heterocycles. The van der Waals surface area contributed by atoms with Crippen molar-refractivity contribution in [3.8, 4) is 11.8 Å². The summed E-state index contributed by atoms with van der Waals surface area (Å²) in [4.78, 5) is 3.47. The topological polar surface area (TPSA) is 96.0 Å². The third-order valence-electron chi connectivity index (χ3n) is 4.46. The third kappa shape index (κ3) is 4.12. The molecule has 0 unspecified atom stereocenters. The highest BCUT2D eigenvalue weighted by atomic mass is 32.2. The van der Waals surface area contributed by atoms with E-state index in [2.05, 4.69) is 4.98 Å². The number of imidazole rings is 1. The van der Waals surface area contributed by atoms with Crippen LogP contribution in [0.1, 0.15) is 58.2 Å². The van der Waals surface area contributed by atoms with Gasteiger partial charge in [-0.3, -0.25) is 0 Å². The van der Waals surface area contributed by atoms with Gasteiger partial charge in [0.2, 0.25) is 15.0 Å². The normalized spacial score (nSPS) is 13.4. The maximum Gasteiger partial charge on any atom is 0.250 e. The number of phenols is 1. The summed E-state index contributed by atoms with van der Waals surface area (Å²) in [6, 6.07) is 5.26. The second-order valence-electron chi connectivity index (χ2n) is 8.91. The fourth-order valence-electron chi connectivity index (χ4n) is 2.91.